The maximum absolute atomic E-state index is 11.4. The number of esters is 1. The first-order chi connectivity index (χ1) is 8.13. The maximum Gasteiger partial charge on any atom is 0.319 e. The number of hydrogen-bond acceptors (Lipinski definition) is 3. The van der Waals surface area contributed by atoms with Crippen LogP contribution in [0.3, 0.4) is 0 Å². The van der Waals surface area contributed by atoms with Crippen molar-refractivity contribution in [2.75, 3.05) is 13.2 Å². The third kappa shape index (κ3) is 5.53. The molecule has 1 saturated carbocycles. The molecule has 0 amide bonds. The number of rotatable bonds is 6. The average Bonchev–Trinajstić information content (AvgIpc) is 2.28. The fraction of sp³-hybridized carbons (Fsp3) is 0.929. The lowest BCUT2D eigenvalue weighted by Gasteiger charge is -2.33. The minimum atomic E-state index is -0.107. The van der Waals surface area contributed by atoms with Gasteiger partial charge in [-0.05, 0) is 37.5 Å². The van der Waals surface area contributed by atoms with Crippen LogP contribution >= 0.6 is 0 Å². The second-order valence-corrected chi connectivity index (χ2v) is 5.46. The van der Waals surface area contributed by atoms with Gasteiger partial charge in [0.15, 0.2) is 0 Å². The van der Waals surface area contributed by atoms with Gasteiger partial charge in [0, 0.05) is 6.04 Å². The minimum Gasteiger partial charge on any atom is -0.465 e. The van der Waals surface area contributed by atoms with Crippen molar-refractivity contribution in [1.29, 1.82) is 0 Å². The van der Waals surface area contributed by atoms with Crippen molar-refractivity contribution in [2.45, 2.75) is 58.9 Å². The Bertz CT molecular complexity index is 230. The first kappa shape index (κ1) is 14.5. The highest BCUT2D eigenvalue weighted by Gasteiger charge is 2.25. The van der Waals surface area contributed by atoms with E-state index in [0.717, 1.165) is 18.8 Å². The Morgan fingerprint density at radius 3 is 2.76 bits per heavy atom. The molecule has 1 aliphatic carbocycles. The van der Waals surface area contributed by atoms with Crippen LogP contribution in [0.4, 0.5) is 0 Å². The topological polar surface area (TPSA) is 38.3 Å². The SMILES string of the molecule is CCCCOC(=O)CNC1CCC(C)CC1C. The summed E-state index contributed by atoms with van der Waals surface area (Å²) >= 11 is 0. The first-order valence-corrected chi connectivity index (χ1v) is 7.02. The average molecular weight is 241 g/mol. The van der Waals surface area contributed by atoms with Gasteiger partial charge in [0.25, 0.3) is 0 Å². The van der Waals surface area contributed by atoms with Crippen LogP contribution in [-0.2, 0) is 9.53 Å². The second-order valence-electron chi connectivity index (χ2n) is 5.46. The molecule has 3 atom stereocenters. The van der Waals surface area contributed by atoms with E-state index in [1.165, 1.54) is 19.3 Å². The van der Waals surface area contributed by atoms with Crippen molar-refractivity contribution in [3.8, 4) is 0 Å². The van der Waals surface area contributed by atoms with Gasteiger partial charge in [-0.15, -0.1) is 0 Å². The van der Waals surface area contributed by atoms with Crippen LogP contribution < -0.4 is 5.32 Å². The van der Waals surface area contributed by atoms with E-state index in [0.29, 0.717) is 25.1 Å². The van der Waals surface area contributed by atoms with Gasteiger partial charge < -0.3 is 10.1 Å². The monoisotopic (exact) mass is 241 g/mol. The van der Waals surface area contributed by atoms with Crippen LogP contribution in [0.5, 0.6) is 0 Å². The number of unbranched alkanes of at least 4 members (excludes halogenated alkanes) is 1. The second kappa shape index (κ2) is 7.70. The molecule has 1 aliphatic rings. The molecule has 0 heterocycles. The van der Waals surface area contributed by atoms with Crippen molar-refractivity contribution in [3.05, 3.63) is 0 Å². The minimum absolute atomic E-state index is 0.107. The van der Waals surface area contributed by atoms with Gasteiger partial charge in [-0.3, -0.25) is 4.79 Å². The van der Waals surface area contributed by atoms with Gasteiger partial charge >= 0.3 is 5.97 Å². The van der Waals surface area contributed by atoms with Gasteiger partial charge in [0.2, 0.25) is 0 Å². The van der Waals surface area contributed by atoms with Crippen molar-refractivity contribution < 1.29 is 9.53 Å². The predicted octanol–water partition coefficient (Wildman–Crippen LogP) is 2.74. The van der Waals surface area contributed by atoms with E-state index in [1.807, 2.05) is 0 Å². The van der Waals surface area contributed by atoms with Crippen LogP contribution in [0.15, 0.2) is 0 Å². The van der Waals surface area contributed by atoms with Crippen molar-refractivity contribution in [3.63, 3.8) is 0 Å². The molecule has 3 nitrogen and oxygen atoms in total. The Balaban J connectivity index is 2.14. The summed E-state index contributed by atoms with van der Waals surface area (Å²) in [5, 5.41) is 3.34. The van der Waals surface area contributed by atoms with E-state index < -0.39 is 0 Å². The summed E-state index contributed by atoms with van der Waals surface area (Å²) in [6.07, 6.45) is 5.75. The molecule has 3 heteroatoms. The molecule has 1 N–H and O–H groups in total. The summed E-state index contributed by atoms with van der Waals surface area (Å²) in [7, 11) is 0. The number of carbonyl (C=O) groups excluding carboxylic acids is 1. The molecule has 100 valence electrons. The van der Waals surface area contributed by atoms with Crippen LogP contribution in [0.25, 0.3) is 0 Å². The van der Waals surface area contributed by atoms with Gasteiger partial charge in [0.1, 0.15) is 0 Å². The smallest absolute Gasteiger partial charge is 0.319 e. The van der Waals surface area contributed by atoms with Crippen LogP contribution in [0.2, 0.25) is 0 Å². The van der Waals surface area contributed by atoms with Crippen molar-refractivity contribution in [1.82, 2.24) is 5.32 Å². The van der Waals surface area contributed by atoms with Gasteiger partial charge in [-0.2, -0.15) is 0 Å². The lowest BCUT2D eigenvalue weighted by molar-refractivity contribution is -0.142. The third-order valence-corrected chi connectivity index (χ3v) is 3.70. The van der Waals surface area contributed by atoms with Crippen molar-refractivity contribution >= 4 is 5.97 Å². The Morgan fingerprint density at radius 2 is 2.12 bits per heavy atom. The lowest BCUT2D eigenvalue weighted by atomic mass is 9.80. The molecule has 0 radical (unpaired) electrons. The Morgan fingerprint density at radius 1 is 1.35 bits per heavy atom. The molecule has 1 fully saturated rings. The van der Waals surface area contributed by atoms with Gasteiger partial charge in [0.05, 0.1) is 13.2 Å². The molecule has 1 rings (SSSR count). The fourth-order valence-electron chi connectivity index (χ4n) is 2.56. The molecular weight excluding hydrogens is 214 g/mol. The third-order valence-electron chi connectivity index (χ3n) is 3.70. The zero-order valence-electron chi connectivity index (χ0n) is 11.5. The van der Waals surface area contributed by atoms with Gasteiger partial charge in [-0.25, -0.2) is 0 Å². The molecule has 0 aromatic heterocycles. The molecule has 0 bridgehead atoms. The van der Waals surface area contributed by atoms with E-state index in [4.69, 9.17) is 4.74 Å². The molecule has 0 spiro atoms. The van der Waals surface area contributed by atoms with E-state index in [-0.39, 0.29) is 5.97 Å². The fourth-order valence-corrected chi connectivity index (χ4v) is 2.56. The molecule has 3 unspecified atom stereocenters. The summed E-state index contributed by atoms with van der Waals surface area (Å²) in [6.45, 7) is 7.61. The van der Waals surface area contributed by atoms with E-state index in [9.17, 15) is 4.79 Å². The van der Waals surface area contributed by atoms with Crippen LogP contribution in [-0.4, -0.2) is 25.2 Å². The quantitative estimate of drug-likeness (QED) is 0.574. The number of carbonyl (C=O) groups is 1. The Kier molecular flexibility index (Phi) is 6.56. The highest BCUT2D eigenvalue weighted by molar-refractivity contribution is 5.71. The molecule has 0 saturated heterocycles. The van der Waals surface area contributed by atoms with E-state index >= 15 is 0 Å². The molecular formula is C14H27NO2. The highest BCUT2D eigenvalue weighted by Crippen LogP contribution is 2.28. The Hall–Kier alpha value is -0.570. The predicted molar refractivity (Wildman–Crippen MR) is 69.8 cm³/mol. The zero-order valence-corrected chi connectivity index (χ0v) is 11.5. The largest absolute Gasteiger partial charge is 0.465 e. The van der Waals surface area contributed by atoms with Crippen LogP contribution in [0.1, 0.15) is 52.9 Å². The van der Waals surface area contributed by atoms with Crippen LogP contribution in [0, 0.1) is 11.8 Å². The van der Waals surface area contributed by atoms with E-state index in [2.05, 4.69) is 26.1 Å². The standard InChI is InChI=1S/C14H27NO2/c1-4-5-8-17-14(16)10-15-13-7-6-11(2)9-12(13)3/h11-13,15H,4-10H2,1-3H3. The van der Waals surface area contributed by atoms with Crippen molar-refractivity contribution in [2.24, 2.45) is 11.8 Å². The Labute approximate surface area is 105 Å². The first-order valence-electron chi connectivity index (χ1n) is 7.02. The summed E-state index contributed by atoms with van der Waals surface area (Å²) in [6, 6.07) is 0.491. The molecule has 17 heavy (non-hydrogen) atoms. The van der Waals surface area contributed by atoms with Gasteiger partial charge in [-0.1, -0.05) is 27.2 Å². The zero-order chi connectivity index (χ0) is 12.7. The molecule has 0 aromatic carbocycles. The van der Waals surface area contributed by atoms with E-state index in [1.54, 1.807) is 0 Å². The summed E-state index contributed by atoms with van der Waals surface area (Å²) in [5.74, 6) is 1.39. The maximum atomic E-state index is 11.4. The number of nitrogens with one attached hydrogen (secondary N) is 1. The summed E-state index contributed by atoms with van der Waals surface area (Å²) < 4.78 is 5.13. The normalized spacial score (nSPS) is 29.0. The molecule has 0 aromatic rings. The number of ether oxygens (including phenoxy) is 1. The summed E-state index contributed by atoms with van der Waals surface area (Å²) in [5.41, 5.74) is 0. The number of hydrogen-bond donors (Lipinski definition) is 1. The molecule has 0 aliphatic heterocycles. The lowest BCUT2D eigenvalue weighted by Crippen LogP contribution is -2.41. The summed E-state index contributed by atoms with van der Waals surface area (Å²) in [4.78, 5) is 11.4. The highest BCUT2D eigenvalue weighted by atomic mass is 16.5.